The molecule has 0 saturated carbocycles. The molecule has 116 valence electrons. The van der Waals surface area contributed by atoms with E-state index >= 15 is 0 Å². The van der Waals surface area contributed by atoms with Crippen LogP contribution in [-0.4, -0.2) is 25.6 Å². The summed E-state index contributed by atoms with van der Waals surface area (Å²) in [4.78, 5) is 26.1. The van der Waals surface area contributed by atoms with E-state index in [1.54, 1.807) is 6.07 Å². The Morgan fingerprint density at radius 3 is 3.00 bits per heavy atom. The minimum Gasteiger partial charge on any atom is -0.467 e. The Balaban J connectivity index is 1.79. The van der Waals surface area contributed by atoms with Gasteiger partial charge in [0.1, 0.15) is 0 Å². The third kappa shape index (κ3) is 3.06. The van der Waals surface area contributed by atoms with Crippen molar-refractivity contribution in [1.29, 1.82) is 0 Å². The molecule has 5 nitrogen and oxygen atoms in total. The molecule has 3 rings (SSSR count). The summed E-state index contributed by atoms with van der Waals surface area (Å²) in [5, 5.41) is 6.45. The van der Waals surface area contributed by atoms with E-state index < -0.39 is 12.0 Å². The van der Waals surface area contributed by atoms with Gasteiger partial charge in [-0.05, 0) is 34.0 Å². The molecule has 0 bridgehead atoms. The van der Waals surface area contributed by atoms with Crippen LogP contribution in [0.3, 0.4) is 0 Å². The summed E-state index contributed by atoms with van der Waals surface area (Å²) in [6, 6.07) is 2.87. The van der Waals surface area contributed by atoms with E-state index in [-0.39, 0.29) is 5.91 Å². The van der Waals surface area contributed by atoms with Gasteiger partial charge >= 0.3 is 5.97 Å². The van der Waals surface area contributed by atoms with Gasteiger partial charge in [0, 0.05) is 11.3 Å². The normalized spacial score (nSPS) is 15.0. The SMILES string of the molecule is COC(=O)[C@H](NC(=O)c1cc2c(s1)CCOC2)c1ccsc1. The number of rotatable bonds is 4. The molecular formula is C15H15NO4S2. The molecule has 1 amide bonds. The van der Waals surface area contributed by atoms with Gasteiger partial charge in [-0.2, -0.15) is 11.3 Å². The van der Waals surface area contributed by atoms with Crippen LogP contribution < -0.4 is 5.32 Å². The fourth-order valence-corrected chi connectivity index (χ4v) is 4.04. The number of fused-ring (bicyclic) bond motifs is 1. The molecule has 1 aliphatic rings. The van der Waals surface area contributed by atoms with Gasteiger partial charge < -0.3 is 14.8 Å². The number of nitrogens with one attached hydrogen (secondary N) is 1. The summed E-state index contributed by atoms with van der Waals surface area (Å²) < 4.78 is 10.2. The maximum Gasteiger partial charge on any atom is 0.333 e. The highest BCUT2D eigenvalue weighted by Crippen LogP contribution is 2.27. The number of methoxy groups -OCH3 is 1. The van der Waals surface area contributed by atoms with Gasteiger partial charge in [0.2, 0.25) is 0 Å². The van der Waals surface area contributed by atoms with Gasteiger partial charge in [-0.3, -0.25) is 4.79 Å². The van der Waals surface area contributed by atoms with Crippen LogP contribution in [0.15, 0.2) is 22.9 Å². The average Bonchev–Trinajstić information content (AvgIpc) is 3.20. The van der Waals surface area contributed by atoms with Crippen molar-refractivity contribution >= 4 is 34.6 Å². The first-order valence-electron chi connectivity index (χ1n) is 6.79. The van der Waals surface area contributed by atoms with E-state index in [0.29, 0.717) is 18.1 Å². The summed E-state index contributed by atoms with van der Waals surface area (Å²) in [5.41, 5.74) is 1.79. The Labute approximate surface area is 135 Å². The van der Waals surface area contributed by atoms with E-state index in [4.69, 9.17) is 9.47 Å². The van der Waals surface area contributed by atoms with Crippen molar-refractivity contribution in [2.45, 2.75) is 19.1 Å². The van der Waals surface area contributed by atoms with Crippen LogP contribution in [0.4, 0.5) is 0 Å². The first-order chi connectivity index (χ1) is 10.7. The van der Waals surface area contributed by atoms with E-state index in [9.17, 15) is 9.59 Å². The number of esters is 1. The zero-order valence-electron chi connectivity index (χ0n) is 12.0. The van der Waals surface area contributed by atoms with Gasteiger partial charge in [-0.15, -0.1) is 11.3 Å². The highest BCUT2D eigenvalue weighted by atomic mass is 32.1. The van der Waals surface area contributed by atoms with Crippen molar-refractivity contribution in [1.82, 2.24) is 5.32 Å². The maximum atomic E-state index is 12.4. The summed E-state index contributed by atoms with van der Waals surface area (Å²) in [6.45, 7) is 1.23. The molecule has 2 aromatic heterocycles. The molecule has 22 heavy (non-hydrogen) atoms. The van der Waals surface area contributed by atoms with Crippen LogP contribution in [0.25, 0.3) is 0 Å². The van der Waals surface area contributed by atoms with Crippen molar-refractivity contribution in [2.75, 3.05) is 13.7 Å². The first-order valence-corrected chi connectivity index (χ1v) is 8.55. The number of amides is 1. The highest BCUT2D eigenvalue weighted by Gasteiger charge is 2.26. The minimum absolute atomic E-state index is 0.263. The molecule has 0 aromatic carbocycles. The lowest BCUT2D eigenvalue weighted by molar-refractivity contribution is -0.143. The number of hydrogen-bond donors (Lipinski definition) is 1. The molecule has 0 fully saturated rings. The first kappa shape index (κ1) is 15.2. The van der Waals surface area contributed by atoms with Crippen molar-refractivity contribution in [3.63, 3.8) is 0 Å². The Morgan fingerprint density at radius 2 is 2.32 bits per heavy atom. The average molecular weight is 337 g/mol. The third-order valence-electron chi connectivity index (χ3n) is 3.44. The second kappa shape index (κ2) is 6.60. The summed E-state index contributed by atoms with van der Waals surface area (Å²) >= 11 is 2.93. The number of thiophene rings is 2. The minimum atomic E-state index is -0.779. The largest absolute Gasteiger partial charge is 0.467 e. The van der Waals surface area contributed by atoms with Gasteiger partial charge in [0.05, 0.1) is 25.2 Å². The molecule has 0 aliphatic carbocycles. The van der Waals surface area contributed by atoms with Gasteiger partial charge in [-0.25, -0.2) is 4.79 Å². The fourth-order valence-electron chi connectivity index (χ4n) is 2.30. The highest BCUT2D eigenvalue weighted by molar-refractivity contribution is 7.14. The predicted molar refractivity (Wildman–Crippen MR) is 84.2 cm³/mol. The number of hydrogen-bond acceptors (Lipinski definition) is 6. The topological polar surface area (TPSA) is 64.6 Å². The number of ether oxygens (including phenoxy) is 2. The van der Waals surface area contributed by atoms with Crippen molar-refractivity contribution in [3.8, 4) is 0 Å². The molecule has 0 saturated heterocycles. The quantitative estimate of drug-likeness (QED) is 0.871. The second-order valence-corrected chi connectivity index (χ2v) is 6.76. The lowest BCUT2D eigenvalue weighted by Gasteiger charge is -2.14. The van der Waals surface area contributed by atoms with Crippen LogP contribution in [0.2, 0.25) is 0 Å². The molecule has 1 N–H and O–H groups in total. The Morgan fingerprint density at radius 1 is 1.45 bits per heavy atom. The number of carbonyl (C=O) groups is 2. The molecule has 0 radical (unpaired) electrons. The number of carbonyl (C=O) groups excluding carboxylic acids is 2. The Kier molecular flexibility index (Phi) is 4.56. The van der Waals surface area contributed by atoms with Gasteiger partial charge in [0.15, 0.2) is 6.04 Å². The summed E-state index contributed by atoms with van der Waals surface area (Å²) in [7, 11) is 1.31. The van der Waals surface area contributed by atoms with Crippen molar-refractivity contribution in [2.24, 2.45) is 0 Å². The molecular weight excluding hydrogens is 322 g/mol. The molecule has 1 atom stereocenters. The molecule has 2 aromatic rings. The predicted octanol–water partition coefficient (Wildman–Crippen LogP) is 2.53. The van der Waals surface area contributed by atoms with Crippen LogP contribution >= 0.6 is 22.7 Å². The molecule has 7 heteroatoms. The van der Waals surface area contributed by atoms with Crippen molar-refractivity contribution in [3.05, 3.63) is 43.8 Å². The van der Waals surface area contributed by atoms with Crippen LogP contribution in [0, 0.1) is 0 Å². The molecule has 3 heterocycles. The monoisotopic (exact) mass is 337 g/mol. The van der Waals surface area contributed by atoms with E-state index in [1.807, 2.05) is 16.8 Å². The molecule has 0 unspecified atom stereocenters. The third-order valence-corrected chi connectivity index (χ3v) is 5.38. The second-order valence-electron chi connectivity index (χ2n) is 4.85. The zero-order chi connectivity index (χ0) is 15.5. The lowest BCUT2D eigenvalue weighted by atomic mass is 10.1. The van der Waals surface area contributed by atoms with Crippen LogP contribution in [0.5, 0.6) is 0 Å². The molecule has 1 aliphatic heterocycles. The fraction of sp³-hybridized carbons (Fsp3) is 0.333. The lowest BCUT2D eigenvalue weighted by Crippen LogP contribution is -2.33. The zero-order valence-corrected chi connectivity index (χ0v) is 13.6. The summed E-state index contributed by atoms with van der Waals surface area (Å²) in [6.07, 6.45) is 0.832. The van der Waals surface area contributed by atoms with E-state index in [0.717, 1.165) is 17.5 Å². The molecule has 0 spiro atoms. The van der Waals surface area contributed by atoms with E-state index in [1.165, 1.54) is 34.7 Å². The Hall–Kier alpha value is -1.70. The van der Waals surface area contributed by atoms with Crippen LogP contribution in [-0.2, 0) is 27.3 Å². The van der Waals surface area contributed by atoms with Gasteiger partial charge in [-0.1, -0.05) is 0 Å². The standard InChI is InChI=1S/C15H15NO4S2/c1-19-15(18)13(9-3-5-21-8-9)16-14(17)12-6-10-7-20-4-2-11(10)22-12/h3,5-6,8,13H,2,4,7H2,1H3,(H,16,17)/t13-/m1/s1. The maximum absolute atomic E-state index is 12.4. The summed E-state index contributed by atoms with van der Waals surface area (Å²) in [5.74, 6) is -0.739. The van der Waals surface area contributed by atoms with Crippen LogP contribution in [0.1, 0.15) is 31.7 Å². The van der Waals surface area contributed by atoms with Gasteiger partial charge in [0.25, 0.3) is 5.91 Å². The van der Waals surface area contributed by atoms with E-state index in [2.05, 4.69) is 5.32 Å². The van der Waals surface area contributed by atoms with Crippen molar-refractivity contribution < 1.29 is 19.1 Å². The smallest absolute Gasteiger partial charge is 0.333 e. The Bertz CT molecular complexity index is 654.